The molecule has 2 rings (SSSR count). The van der Waals surface area contributed by atoms with Crippen molar-refractivity contribution in [2.45, 2.75) is 19.3 Å². The Balaban J connectivity index is 1.73. The van der Waals surface area contributed by atoms with Crippen molar-refractivity contribution in [2.75, 3.05) is 20.1 Å². The monoisotopic (exact) mass is 316 g/mol. The quantitative estimate of drug-likeness (QED) is 0.844. The summed E-state index contributed by atoms with van der Waals surface area (Å²) in [6, 6.07) is 2.11. The van der Waals surface area contributed by atoms with E-state index in [9.17, 15) is 4.79 Å². The van der Waals surface area contributed by atoms with E-state index < -0.39 is 0 Å². The van der Waals surface area contributed by atoms with Gasteiger partial charge in [0.2, 0.25) is 5.91 Å². The Morgan fingerprint density at radius 2 is 2.35 bits per heavy atom. The Kier molecular flexibility index (Phi) is 4.22. The van der Waals surface area contributed by atoms with Gasteiger partial charge in [-0.25, -0.2) is 0 Å². The molecule has 3 nitrogen and oxygen atoms in total. The summed E-state index contributed by atoms with van der Waals surface area (Å²) < 4.78 is 1.12. The summed E-state index contributed by atoms with van der Waals surface area (Å²) in [5.41, 5.74) is -0.106. The minimum absolute atomic E-state index is 0.106. The molecule has 1 aliphatic rings. The first kappa shape index (κ1) is 13.1. The maximum absolute atomic E-state index is 12.0. The molecule has 1 aromatic rings. The fourth-order valence-corrected chi connectivity index (χ4v) is 3.40. The minimum atomic E-state index is -0.106. The van der Waals surface area contributed by atoms with Crippen LogP contribution in [0.3, 0.4) is 0 Å². The van der Waals surface area contributed by atoms with Crippen LogP contribution in [0.25, 0.3) is 0 Å². The lowest BCUT2D eigenvalue weighted by Gasteiger charge is -2.14. The molecule has 0 radical (unpaired) electrons. The number of carbonyl (C=O) groups excluding carboxylic acids is 1. The van der Waals surface area contributed by atoms with Gasteiger partial charge in [-0.15, -0.1) is 11.3 Å². The van der Waals surface area contributed by atoms with Crippen molar-refractivity contribution in [1.29, 1.82) is 0 Å². The fraction of sp³-hybridized carbons (Fsp3) is 0.583. The predicted molar refractivity (Wildman–Crippen MR) is 74.3 cm³/mol. The molecule has 0 unspecified atom stereocenters. The van der Waals surface area contributed by atoms with Crippen LogP contribution in [0, 0.1) is 5.41 Å². The van der Waals surface area contributed by atoms with Crippen molar-refractivity contribution in [3.05, 3.63) is 20.8 Å². The van der Waals surface area contributed by atoms with Gasteiger partial charge in [0.05, 0.1) is 5.41 Å². The van der Waals surface area contributed by atoms with Gasteiger partial charge in [-0.3, -0.25) is 4.79 Å². The summed E-state index contributed by atoms with van der Waals surface area (Å²) in [6.07, 6.45) is 2.95. The zero-order chi connectivity index (χ0) is 12.3. The van der Waals surface area contributed by atoms with Crippen molar-refractivity contribution in [1.82, 2.24) is 10.6 Å². The predicted octanol–water partition coefficient (Wildman–Crippen LogP) is 2.17. The molecule has 1 aliphatic carbocycles. The molecule has 1 fully saturated rings. The van der Waals surface area contributed by atoms with Gasteiger partial charge in [0.15, 0.2) is 0 Å². The largest absolute Gasteiger partial charge is 0.355 e. The number of hydrogen-bond acceptors (Lipinski definition) is 3. The molecular weight excluding hydrogens is 300 g/mol. The summed E-state index contributed by atoms with van der Waals surface area (Å²) in [7, 11) is 1.90. The fourth-order valence-electron chi connectivity index (χ4n) is 1.95. The van der Waals surface area contributed by atoms with Gasteiger partial charge in [0.1, 0.15) is 0 Å². The zero-order valence-corrected chi connectivity index (χ0v) is 12.3. The minimum Gasteiger partial charge on any atom is -0.355 e. The van der Waals surface area contributed by atoms with Crippen molar-refractivity contribution in [2.24, 2.45) is 5.41 Å². The molecule has 1 aromatic heterocycles. The van der Waals surface area contributed by atoms with Crippen molar-refractivity contribution in [3.8, 4) is 0 Å². The normalized spacial score (nSPS) is 16.8. The summed E-state index contributed by atoms with van der Waals surface area (Å²) in [5, 5.41) is 8.21. The van der Waals surface area contributed by atoms with Gasteiger partial charge in [-0.05, 0) is 48.3 Å². The standard InChI is InChI=1S/C12H17BrN2OS/c1-14-8-12(3-4-12)11(16)15-5-2-10-6-9(13)7-17-10/h6-7,14H,2-5,8H2,1H3,(H,15,16). The van der Waals surface area contributed by atoms with E-state index >= 15 is 0 Å². The lowest BCUT2D eigenvalue weighted by atomic mass is 10.1. The molecule has 1 saturated carbocycles. The van der Waals surface area contributed by atoms with Crippen LogP contribution in [-0.4, -0.2) is 26.0 Å². The van der Waals surface area contributed by atoms with Crippen LogP contribution in [0.1, 0.15) is 17.7 Å². The molecule has 17 heavy (non-hydrogen) atoms. The number of halogens is 1. The second-order valence-corrected chi connectivity index (χ2v) is 6.46. The Bertz CT molecular complexity index is 401. The highest BCUT2D eigenvalue weighted by Crippen LogP contribution is 2.45. The first-order valence-corrected chi connectivity index (χ1v) is 7.49. The highest BCUT2D eigenvalue weighted by atomic mass is 79.9. The van der Waals surface area contributed by atoms with Crippen LogP contribution in [-0.2, 0) is 11.2 Å². The number of amides is 1. The molecule has 94 valence electrons. The molecule has 0 spiro atoms. The van der Waals surface area contributed by atoms with Gasteiger partial charge in [-0.2, -0.15) is 0 Å². The Morgan fingerprint density at radius 1 is 1.59 bits per heavy atom. The van der Waals surface area contributed by atoms with Crippen LogP contribution >= 0.6 is 27.3 Å². The number of thiophene rings is 1. The molecule has 0 atom stereocenters. The van der Waals surface area contributed by atoms with E-state index in [4.69, 9.17) is 0 Å². The van der Waals surface area contributed by atoms with Crippen molar-refractivity contribution < 1.29 is 4.79 Å². The van der Waals surface area contributed by atoms with E-state index in [0.717, 1.165) is 36.8 Å². The zero-order valence-electron chi connectivity index (χ0n) is 9.88. The summed E-state index contributed by atoms with van der Waals surface area (Å²) in [5.74, 6) is 0.211. The highest BCUT2D eigenvalue weighted by molar-refractivity contribution is 9.10. The van der Waals surface area contributed by atoms with Crippen molar-refractivity contribution in [3.63, 3.8) is 0 Å². The molecule has 0 aliphatic heterocycles. The van der Waals surface area contributed by atoms with E-state index in [1.807, 2.05) is 7.05 Å². The van der Waals surface area contributed by atoms with E-state index in [1.165, 1.54) is 4.88 Å². The lowest BCUT2D eigenvalue weighted by molar-refractivity contribution is -0.126. The molecule has 1 amide bonds. The average Bonchev–Trinajstić information content (AvgIpc) is 2.97. The average molecular weight is 317 g/mol. The van der Waals surface area contributed by atoms with Gasteiger partial charge < -0.3 is 10.6 Å². The third-order valence-electron chi connectivity index (χ3n) is 3.13. The first-order chi connectivity index (χ1) is 8.16. The van der Waals surface area contributed by atoms with Gasteiger partial charge in [-0.1, -0.05) is 0 Å². The first-order valence-electron chi connectivity index (χ1n) is 5.82. The van der Waals surface area contributed by atoms with Gasteiger partial charge in [0, 0.05) is 27.8 Å². The summed E-state index contributed by atoms with van der Waals surface area (Å²) in [6.45, 7) is 1.53. The van der Waals surface area contributed by atoms with E-state index in [-0.39, 0.29) is 11.3 Å². The molecule has 0 aromatic carbocycles. The van der Waals surface area contributed by atoms with E-state index in [0.29, 0.717) is 0 Å². The second-order valence-electron chi connectivity index (χ2n) is 4.55. The number of nitrogens with one attached hydrogen (secondary N) is 2. The van der Waals surface area contributed by atoms with Crippen LogP contribution in [0.2, 0.25) is 0 Å². The van der Waals surface area contributed by atoms with Crippen LogP contribution in [0.15, 0.2) is 15.9 Å². The molecule has 5 heteroatoms. The van der Waals surface area contributed by atoms with Gasteiger partial charge in [0.25, 0.3) is 0 Å². The Labute approximate surface area is 114 Å². The molecule has 2 N–H and O–H groups in total. The third-order valence-corrected chi connectivity index (χ3v) is 4.89. The molecular formula is C12H17BrN2OS. The smallest absolute Gasteiger partial charge is 0.227 e. The van der Waals surface area contributed by atoms with Crippen LogP contribution in [0.4, 0.5) is 0 Å². The second kappa shape index (κ2) is 5.50. The summed E-state index contributed by atoms with van der Waals surface area (Å²) in [4.78, 5) is 13.3. The lowest BCUT2D eigenvalue weighted by Crippen LogP contribution is -2.38. The molecule has 1 heterocycles. The maximum atomic E-state index is 12.0. The number of rotatable bonds is 6. The highest BCUT2D eigenvalue weighted by Gasteiger charge is 2.48. The third kappa shape index (κ3) is 3.30. The Hall–Kier alpha value is -0.390. The number of hydrogen-bond donors (Lipinski definition) is 2. The topological polar surface area (TPSA) is 41.1 Å². The maximum Gasteiger partial charge on any atom is 0.227 e. The van der Waals surface area contributed by atoms with E-state index in [1.54, 1.807) is 11.3 Å². The van der Waals surface area contributed by atoms with Crippen LogP contribution < -0.4 is 10.6 Å². The molecule has 0 bridgehead atoms. The van der Waals surface area contributed by atoms with Crippen molar-refractivity contribution >= 4 is 33.2 Å². The Morgan fingerprint density at radius 3 is 2.88 bits per heavy atom. The van der Waals surface area contributed by atoms with Gasteiger partial charge >= 0.3 is 0 Å². The summed E-state index contributed by atoms with van der Waals surface area (Å²) >= 11 is 5.15. The number of carbonyl (C=O) groups is 1. The SMILES string of the molecule is CNCC1(C(=O)NCCc2cc(Br)cs2)CC1. The van der Waals surface area contributed by atoms with Crippen LogP contribution in [0.5, 0.6) is 0 Å². The van der Waals surface area contributed by atoms with E-state index in [2.05, 4.69) is 38.0 Å². The molecule has 0 saturated heterocycles.